The molecular weight excluding hydrogens is 330 g/mol. The second kappa shape index (κ2) is 7.62. The molecule has 0 saturated heterocycles. The number of para-hydroxylation sites is 1. The summed E-state index contributed by atoms with van der Waals surface area (Å²) in [5.74, 6) is 1.65. The van der Waals surface area contributed by atoms with E-state index in [2.05, 4.69) is 31.0 Å². The Balaban J connectivity index is 2.03. The summed E-state index contributed by atoms with van der Waals surface area (Å²) in [7, 11) is 1.62. The molecule has 3 aromatic rings. The van der Waals surface area contributed by atoms with Crippen LogP contribution < -0.4 is 4.74 Å². The molecule has 128 valence electrons. The highest BCUT2D eigenvalue weighted by molar-refractivity contribution is 8.08. The van der Waals surface area contributed by atoms with Gasteiger partial charge in [0.1, 0.15) is 5.75 Å². The van der Waals surface area contributed by atoms with Gasteiger partial charge in [0, 0.05) is 38.7 Å². The molecule has 0 aliphatic carbocycles. The minimum atomic E-state index is 0.00304. The molecule has 4 heteroatoms. The third-order valence-electron chi connectivity index (χ3n) is 4.08. The molecule has 0 spiro atoms. The van der Waals surface area contributed by atoms with Crippen LogP contribution in [0.1, 0.15) is 28.5 Å². The van der Waals surface area contributed by atoms with E-state index < -0.39 is 0 Å². The van der Waals surface area contributed by atoms with Crippen LogP contribution in [-0.2, 0) is 0 Å². The van der Waals surface area contributed by atoms with Gasteiger partial charge in [0.05, 0.1) is 7.11 Å². The van der Waals surface area contributed by atoms with Crippen LogP contribution >= 0.6 is 11.8 Å². The molecule has 0 aliphatic heterocycles. The molecule has 1 aromatic heterocycles. The molecule has 0 aliphatic rings. The zero-order valence-electron chi connectivity index (χ0n) is 14.6. The van der Waals surface area contributed by atoms with Gasteiger partial charge in [0.15, 0.2) is 5.78 Å². The normalized spacial score (nSPS) is 11.7. The van der Waals surface area contributed by atoms with Crippen molar-refractivity contribution in [1.82, 2.24) is 4.98 Å². The first-order chi connectivity index (χ1) is 12.1. The molecule has 2 aromatic carbocycles. The number of benzene rings is 2. The fourth-order valence-corrected chi connectivity index (χ4v) is 3.80. The lowest BCUT2D eigenvalue weighted by Crippen LogP contribution is -1.97. The number of methoxy groups -OCH3 is 1. The summed E-state index contributed by atoms with van der Waals surface area (Å²) in [5.41, 5.74) is 3.95. The molecule has 0 fully saturated rings. The number of hydrogen-bond acceptors (Lipinski definition) is 3. The van der Waals surface area contributed by atoms with E-state index in [1.54, 1.807) is 37.1 Å². The lowest BCUT2D eigenvalue weighted by molar-refractivity contribution is 0.104. The molecule has 3 nitrogen and oxygen atoms in total. The maximum atomic E-state index is 12.7. The summed E-state index contributed by atoms with van der Waals surface area (Å²) in [6.07, 6.45) is 1.75. The number of aromatic nitrogens is 1. The minimum Gasteiger partial charge on any atom is -0.497 e. The molecule has 0 saturated carbocycles. The van der Waals surface area contributed by atoms with Gasteiger partial charge in [-0.2, -0.15) is 0 Å². The molecule has 0 unspecified atom stereocenters. The first-order valence-electron chi connectivity index (χ1n) is 8.24. The van der Waals surface area contributed by atoms with Crippen molar-refractivity contribution in [2.75, 3.05) is 12.9 Å². The molecule has 1 heterocycles. The Morgan fingerprint density at radius 1 is 1.16 bits per heavy atom. The molecule has 1 N–H and O–H groups in total. The number of thioether (sulfide) groups is 1. The molecule has 25 heavy (non-hydrogen) atoms. The fraction of sp³-hybridized carbons (Fsp3) is 0.190. The third kappa shape index (κ3) is 3.64. The van der Waals surface area contributed by atoms with E-state index in [9.17, 15) is 4.79 Å². The molecular formula is C21H21NO2S. The fourth-order valence-electron chi connectivity index (χ4n) is 2.89. The molecule has 0 radical (unpaired) electrons. The van der Waals surface area contributed by atoms with E-state index in [1.807, 2.05) is 24.3 Å². The maximum Gasteiger partial charge on any atom is 0.186 e. The van der Waals surface area contributed by atoms with Crippen molar-refractivity contribution < 1.29 is 9.53 Å². The van der Waals surface area contributed by atoms with Crippen LogP contribution in [0, 0.1) is 6.92 Å². The van der Waals surface area contributed by atoms with Crippen LogP contribution in [-0.4, -0.2) is 23.6 Å². The second-order valence-electron chi connectivity index (χ2n) is 5.70. The summed E-state index contributed by atoms with van der Waals surface area (Å²) in [4.78, 5) is 17.1. The van der Waals surface area contributed by atoms with Crippen LogP contribution in [0.5, 0.6) is 5.75 Å². The minimum absolute atomic E-state index is 0.00304. The zero-order valence-corrected chi connectivity index (χ0v) is 15.4. The Hall–Kier alpha value is -2.46. The number of carbonyl (C=O) groups excluding carboxylic acids is 1. The molecule has 3 rings (SSSR count). The number of H-pyrrole nitrogens is 1. The van der Waals surface area contributed by atoms with Crippen molar-refractivity contribution in [3.8, 4) is 5.75 Å². The Morgan fingerprint density at radius 3 is 2.56 bits per heavy atom. The maximum absolute atomic E-state index is 12.7. The Bertz CT molecular complexity index is 923. The monoisotopic (exact) mass is 351 g/mol. The number of ether oxygens (including phenoxy) is 1. The van der Waals surface area contributed by atoms with E-state index in [0.29, 0.717) is 5.56 Å². The average molecular weight is 351 g/mol. The number of hydrogen-bond donors (Lipinski definition) is 1. The van der Waals surface area contributed by atoms with Gasteiger partial charge < -0.3 is 9.72 Å². The van der Waals surface area contributed by atoms with Gasteiger partial charge in [0.25, 0.3) is 0 Å². The quantitative estimate of drug-likeness (QED) is 0.473. The summed E-state index contributed by atoms with van der Waals surface area (Å²) < 4.78 is 5.16. The first-order valence-corrected chi connectivity index (χ1v) is 9.23. The Labute approximate surface area is 152 Å². The van der Waals surface area contributed by atoms with Gasteiger partial charge in [-0.25, -0.2) is 0 Å². The van der Waals surface area contributed by atoms with Crippen molar-refractivity contribution in [2.45, 2.75) is 13.8 Å². The third-order valence-corrected chi connectivity index (χ3v) is 5.00. The lowest BCUT2D eigenvalue weighted by Gasteiger charge is -2.07. The standard InChI is InChI=1S/C21H21NO2S/c1-4-25-20(13-19(23)15-9-11-16(24-3)12-10-15)21-14(2)22-18-8-6-5-7-17(18)21/h5-13,22H,4H2,1-3H3/b20-13-. The van der Waals surface area contributed by atoms with E-state index >= 15 is 0 Å². The number of rotatable bonds is 6. The molecule has 0 atom stereocenters. The zero-order chi connectivity index (χ0) is 17.8. The van der Waals surface area contributed by atoms with E-state index in [1.165, 1.54) is 0 Å². The highest BCUT2D eigenvalue weighted by Crippen LogP contribution is 2.35. The van der Waals surface area contributed by atoms with Crippen LogP contribution in [0.2, 0.25) is 0 Å². The first kappa shape index (κ1) is 17.4. The summed E-state index contributed by atoms with van der Waals surface area (Å²) in [6.45, 7) is 4.15. The van der Waals surface area contributed by atoms with Gasteiger partial charge in [-0.15, -0.1) is 11.8 Å². The number of carbonyl (C=O) groups is 1. The van der Waals surface area contributed by atoms with E-state index in [0.717, 1.165) is 38.6 Å². The highest BCUT2D eigenvalue weighted by atomic mass is 32.2. The van der Waals surface area contributed by atoms with Crippen molar-refractivity contribution in [2.24, 2.45) is 0 Å². The summed E-state index contributed by atoms with van der Waals surface area (Å²) in [6, 6.07) is 15.4. The van der Waals surface area contributed by atoms with Crippen molar-refractivity contribution in [3.63, 3.8) is 0 Å². The molecule has 0 bridgehead atoms. The average Bonchev–Trinajstić information content (AvgIpc) is 2.97. The number of aromatic amines is 1. The smallest absolute Gasteiger partial charge is 0.186 e. The van der Waals surface area contributed by atoms with Crippen molar-refractivity contribution in [3.05, 3.63) is 71.4 Å². The SMILES string of the molecule is CCS/C(=C\C(=O)c1ccc(OC)cc1)c1c(C)[nH]c2ccccc12. The van der Waals surface area contributed by atoms with Gasteiger partial charge >= 0.3 is 0 Å². The summed E-state index contributed by atoms with van der Waals surface area (Å²) in [5, 5.41) is 1.15. The predicted octanol–water partition coefficient (Wildman–Crippen LogP) is 5.46. The van der Waals surface area contributed by atoms with Crippen LogP contribution in [0.25, 0.3) is 15.8 Å². The van der Waals surface area contributed by atoms with Gasteiger partial charge in [-0.1, -0.05) is 25.1 Å². The van der Waals surface area contributed by atoms with Gasteiger partial charge in [0.2, 0.25) is 0 Å². The van der Waals surface area contributed by atoms with Gasteiger partial charge in [-0.05, 0) is 43.0 Å². The predicted molar refractivity (Wildman–Crippen MR) is 106 cm³/mol. The van der Waals surface area contributed by atoms with Crippen LogP contribution in [0.15, 0.2) is 54.6 Å². The topological polar surface area (TPSA) is 42.1 Å². The van der Waals surface area contributed by atoms with E-state index in [-0.39, 0.29) is 5.78 Å². The number of ketones is 1. The molecule has 0 amide bonds. The second-order valence-corrected chi connectivity index (χ2v) is 7.01. The van der Waals surface area contributed by atoms with Crippen molar-refractivity contribution in [1.29, 1.82) is 0 Å². The van der Waals surface area contributed by atoms with Crippen LogP contribution in [0.4, 0.5) is 0 Å². The Kier molecular flexibility index (Phi) is 5.29. The number of aryl methyl sites for hydroxylation is 1. The summed E-state index contributed by atoms with van der Waals surface area (Å²) >= 11 is 1.69. The van der Waals surface area contributed by atoms with E-state index in [4.69, 9.17) is 4.74 Å². The number of allylic oxidation sites excluding steroid dienone is 1. The number of fused-ring (bicyclic) bond motifs is 1. The van der Waals surface area contributed by atoms with Crippen molar-refractivity contribution >= 4 is 33.4 Å². The largest absolute Gasteiger partial charge is 0.497 e. The number of nitrogens with one attached hydrogen (secondary N) is 1. The van der Waals surface area contributed by atoms with Crippen LogP contribution in [0.3, 0.4) is 0 Å². The lowest BCUT2D eigenvalue weighted by atomic mass is 10.1. The van der Waals surface area contributed by atoms with Gasteiger partial charge in [-0.3, -0.25) is 4.79 Å². The highest BCUT2D eigenvalue weighted by Gasteiger charge is 2.15. The Morgan fingerprint density at radius 2 is 1.88 bits per heavy atom.